The average Bonchev–Trinajstić information content (AvgIpc) is 2.97. The van der Waals surface area contributed by atoms with Crippen LogP contribution in [0.4, 0.5) is 0 Å². The molecule has 0 aliphatic carbocycles. The molecule has 0 unspecified atom stereocenters. The van der Waals surface area contributed by atoms with Gasteiger partial charge in [-0.05, 0) is 23.4 Å². The molecule has 0 radical (unpaired) electrons. The first-order chi connectivity index (χ1) is 10.7. The van der Waals surface area contributed by atoms with Gasteiger partial charge in [-0.15, -0.1) is 11.3 Å². The number of aromatic nitrogens is 1. The number of rotatable bonds is 4. The molecule has 5 nitrogen and oxygen atoms in total. The minimum Gasteiger partial charge on any atom is -0.505 e. The summed E-state index contributed by atoms with van der Waals surface area (Å²) < 4.78 is 0.507. The molecule has 1 aromatic carbocycles. The number of benzene rings is 1. The van der Waals surface area contributed by atoms with Gasteiger partial charge < -0.3 is 15.4 Å². The van der Waals surface area contributed by atoms with E-state index in [1.807, 2.05) is 30.3 Å². The molecule has 0 saturated heterocycles. The van der Waals surface area contributed by atoms with Gasteiger partial charge >= 0.3 is 0 Å². The first-order valence-corrected chi connectivity index (χ1v) is 7.69. The summed E-state index contributed by atoms with van der Waals surface area (Å²) in [5, 5.41) is 14.6. The molecule has 0 bridgehead atoms. The second-order valence-corrected chi connectivity index (χ2v) is 5.75. The SMILES string of the molecule is O=C(NCCc1ccccc1)c1c(O)c2sccc2[nH]c1=O. The van der Waals surface area contributed by atoms with Crippen molar-refractivity contribution in [2.75, 3.05) is 6.54 Å². The van der Waals surface area contributed by atoms with Crippen LogP contribution in [0.3, 0.4) is 0 Å². The molecule has 0 fully saturated rings. The van der Waals surface area contributed by atoms with Gasteiger partial charge in [0.1, 0.15) is 5.56 Å². The summed E-state index contributed by atoms with van der Waals surface area (Å²) >= 11 is 1.27. The lowest BCUT2D eigenvalue weighted by Crippen LogP contribution is -2.31. The zero-order chi connectivity index (χ0) is 15.5. The summed E-state index contributed by atoms with van der Waals surface area (Å²) in [5.41, 5.74) is 0.812. The highest BCUT2D eigenvalue weighted by Gasteiger charge is 2.19. The average molecular weight is 314 g/mol. The van der Waals surface area contributed by atoms with E-state index in [-0.39, 0.29) is 11.3 Å². The van der Waals surface area contributed by atoms with E-state index >= 15 is 0 Å². The monoisotopic (exact) mass is 314 g/mol. The van der Waals surface area contributed by atoms with E-state index in [0.29, 0.717) is 23.2 Å². The van der Waals surface area contributed by atoms with E-state index in [1.165, 1.54) is 11.3 Å². The van der Waals surface area contributed by atoms with E-state index in [0.717, 1.165) is 5.56 Å². The number of amides is 1. The van der Waals surface area contributed by atoms with Crippen LogP contribution in [0.25, 0.3) is 10.2 Å². The molecular weight excluding hydrogens is 300 g/mol. The quantitative estimate of drug-likeness (QED) is 0.691. The molecule has 0 aliphatic heterocycles. The number of aromatic amines is 1. The fourth-order valence-corrected chi connectivity index (χ4v) is 3.06. The first kappa shape index (κ1) is 14.3. The number of hydrogen-bond donors (Lipinski definition) is 3. The van der Waals surface area contributed by atoms with E-state index in [2.05, 4.69) is 10.3 Å². The van der Waals surface area contributed by atoms with E-state index in [9.17, 15) is 14.7 Å². The topological polar surface area (TPSA) is 82.2 Å². The normalized spacial score (nSPS) is 10.7. The van der Waals surface area contributed by atoms with Crippen molar-refractivity contribution in [3.05, 3.63) is 63.3 Å². The van der Waals surface area contributed by atoms with Crippen LogP contribution >= 0.6 is 11.3 Å². The van der Waals surface area contributed by atoms with Crippen molar-refractivity contribution in [2.45, 2.75) is 6.42 Å². The van der Waals surface area contributed by atoms with Gasteiger partial charge in [0.05, 0.1) is 10.2 Å². The van der Waals surface area contributed by atoms with Gasteiger partial charge in [-0.3, -0.25) is 9.59 Å². The summed E-state index contributed by atoms with van der Waals surface area (Å²) in [6, 6.07) is 11.4. The molecule has 2 aromatic heterocycles. The molecule has 1 amide bonds. The highest BCUT2D eigenvalue weighted by molar-refractivity contribution is 7.17. The molecule has 0 spiro atoms. The zero-order valence-corrected chi connectivity index (χ0v) is 12.4. The van der Waals surface area contributed by atoms with Crippen LogP contribution < -0.4 is 10.9 Å². The highest BCUT2D eigenvalue weighted by atomic mass is 32.1. The van der Waals surface area contributed by atoms with Crippen LogP contribution in [-0.2, 0) is 6.42 Å². The number of aromatic hydroxyl groups is 1. The van der Waals surface area contributed by atoms with Crippen molar-refractivity contribution >= 4 is 27.5 Å². The fraction of sp³-hybridized carbons (Fsp3) is 0.125. The molecule has 2 heterocycles. The molecule has 112 valence electrons. The van der Waals surface area contributed by atoms with Crippen molar-refractivity contribution in [2.24, 2.45) is 0 Å². The molecule has 0 aliphatic rings. The summed E-state index contributed by atoms with van der Waals surface area (Å²) in [5.74, 6) is -0.823. The Balaban J connectivity index is 1.76. The van der Waals surface area contributed by atoms with Gasteiger partial charge in [0.15, 0.2) is 5.75 Å². The number of fused-ring (bicyclic) bond motifs is 1. The van der Waals surface area contributed by atoms with Crippen molar-refractivity contribution in [1.82, 2.24) is 10.3 Å². The predicted molar refractivity (Wildman–Crippen MR) is 86.6 cm³/mol. The van der Waals surface area contributed by atoms with Crippen LogP contribution in [0.2, 0.25) is 0 Å². The third kappa shape index (κ3) is 2.73. The fourth-order valence-electron chi connectivity index (χ4n) is 2.26. The largest absolute Gasteiger partial charge is 0.505 e. The number of pyridine rings is 1. The van der Waals surface area contributed by atoms with Gasteiger partial charge in [0.25, 0.3) is 11.5 Å². The van der Waals surface area contributed by atoms with E-state index in [1.54, 1.807) is 11.4 Å². The Morgan fingerprint density at radius 3 is 2.77 bits per heavy atom. The minimum absolute atomic E-state index is 0.233. The predicted octanol–water partition coefficient (Wildman–Crippen LogP) is 2.27. The van der Waals surface area contributed by atoms with Crippen LogP contribution in [0.15, 0.2) is 46.6 Å². The smallest absolute Gasteiger partial charge is 0.265 e. The highest BCUT2D eigenvalue weighted by Crippen LogP contribution is 2.29. The third-order valence-corrected chi connectivity index (χ3v) is 4.28. The number of thiophene rings is 1. The Labute approximate surface area is 130 Å². The van der Waals surface area contributed by atoms with Crippen LogP contribution in [0.5, 0.6) is 5.75 Å². The van der Waals surface area contributed by atoms with Gasteiger partial charge in [-0.25, -0.2) is 0 Å². The van der Waals surface area contributed by atoms with E-state index in [4.69, 9.17) is 0 Å². The zero-order valence-electron chi connectivity index (χ0n) is 11.6. The van der Waals surface area contributed by atoms with Crippen LogP contribution in [-0.4, -0.2) is 22.5 Å². The molecule has 3 N–H and O–H groups in total. The number of carbonyl (C=O) groups is 1. The van der Waals surface area contributed by atoms with Crippen molar-refractivity contribution in [3.8, 4) is 5.75 Å². The molecule has 3 rings (SSSR count). The molecule has 0 atom stereocenters. The lowest BCUT2D eigenvalue weighted by atomic mass is 10.1. The maximum atomic E-state index is 12.2. The standard InChI is InChI=1S/C16H14N2O3S/c19-13-12(16(21)18-11-7-9-22-14(11)13)15(20)17-8-6-10-4-2-1-3-5-10/h1-5,7,9H,6,8H2,(H,17,20)(H2,18,19,21). The molecule has 22 heavy (non-hydrogen) atoms. The van der Waals surface area contributed by atoms with Gasteiger partial charge in [0.2, 0.25) is 0 Å². The van der Waals surface area contributed by atoms with Crippen molar-refractivity contribution < 1.29 is 9.90 Å². The Morgan fingerprint density at radius 1 is 1.23 bits per heavy atom. The van der Waals surface area contributed by atoms with Gasteiger partial charge in [-0.2, -0.15) is 0 Å². The Kier molecular flexibility index (Phi) is 3.93. The van der Waals surface area contributed by atoms with E-state index < -0.39 is 11.5 Å². The maximum Gasteiger partial charge on any atom is 0.265 e. The summed E-state index contributed by atoms with van der Waals surface area (Å²) in [6.45, 7) is 0.393. The lowest BCUT2D eigenvalue weighted by molar-refractivity contribution is 0.0950. The third-order valence-electron chi connectivity index (χ3n) is 3.36. The minimum atomic E-state index is -0.583. The summed E-state index contributed by atoms with van der Waals surface area (Å²) in [7, 11) is 0. The molecule has 0 saturated carbocycles. The van der Waals surface area contributed by atoms with Crippen LogP contribution in [0, 0.1) is 0 Å². The van der Waals surface area contributed by atoms with Gasteiger partial charge in [-0.1, -0.05) is 30.3 Å². The molecular formula is C16H14N2O3S. The maximum absolute atomic E-state index is 12.2. The Hall–Kier alpha value is -2.60. The number of nitrogens with one attached hydrogen (secondary N) is 2. The van der Waals surface area contributed by atoms with Crippen molar-refractivity contribution in [3.63, 3.8) is 0 Å². The number of carbonyl (C=O) groups excluding carboxylic acids is 1. The van der Waals surface area contributed by atoms with Crippen molar-refractivity contribution in [1.29, 1.82) is 0 Å². The first-order valence-electron chi connectivity index (χ1n) is 6.81. The van der Waals surface area contributed by atoms with Gasteiger partial charge in [0, 0.05) is 6.54 Å². The second-order valence-electron chi connectivity index (χ2n) is 4.83. The molecule has 3 aromatic rings. The summed E-state index contributed by atoms with van der Waals surface area (Å²) in [6.07, 6.45) is 0.659. The number of hydrogen-bond acceptors (Lipinski definition) is 4. The Bertz CT molecular complexity index is 868. The molecule has 6 heteroatoms. The summed E-state index contributed by atoms with van der Waals surface area (Å²) in [4.78, 5) is 26.7. The second kappa shape index (κ2) is 6.03. The van der Waals surface area contributed by atoms with Crippen LogP contribution in [0.1, 0.15) is 15.9 Å². The lowest BCUT2D eigenvalue weighted by Gasteiger charge is -2.07. The number of H-pyrrole nitrogens is 1. The Morgan fingerprint density at radius 2 is 2.00 bits per heavy atom.